The van der Waals surface area contributed by atoms with Crippen LogP contribution >= 0.6 is 0 Å². The summed E-state index contributed by atoms with van der Waals surface area (Å²) < 4.78 is 2.16. The molecule has 0 bridgehead atoms. The molecule has 2 atom stereocenters. The predicted octanol–water partition coefficient (Wildman–Crippen LogP) is 2.69. The van der Waals surface area contributed by atoms with E-state index in [1.165, 1.54) is 18.2 Å². The van der Waals surface area contributed by atoms with Crippen molar-refractivity contribution in [2.75, 3.05) is 13.1 Å². The lowest BCUT2D eigenvalue weighted by molar-refractivity contribution is -0.132. The highest BCUT2D eigenvalue weighted by Gasteiger charge is 2.37. The summed E-state index contributed by atoms with van der Waals surface area (Å²) in [6, 6.07) is 11.4. The number of hydrogen-bond acceptors (Lipinski definition) is 2. The van der Waals surface area contributed by atoms with Crippen LogP contribution in [0.15, 0.2) is 30.3 Å². The van der Waals surface area contributed by atoms with E-state index in [1.54, 1.807) is 0 Å². The van der Waals surface area contributed by atoms with Crippen LogP contribution in [0.2, 0.25) is 0 Å². The zero-order chi connectivity index (χ0) is 15.8. The van der Waals surface area contributed by atoms with E-state index in [-0.39, 0.29) is 5.91 Å². The van der Waals surface area contributed by atoms with Crippen LogP contribution in [0.4, 0.5) is 0 Å². The summed E-state index contributed by atoms with van der Waals surface area (Å²) in [7, 11) is 0. The summed E-state index contributed by atoms with van der Waals surface area (Å²) in [5, 5.41) is 4.84. The number of aryl methyl sites for hydroxylation is 1. The Morgan fingerprint density at radius 1 is 1.26 bits per heavy atom. The maximum Gasteiger partial charge on any atom is 0.242 e. The molecule has 4 rings (SSSR count). The molecule has 0 aliphatic carbocycles. The molecule has 2 aliphatic rings. The zero-order valence-electron chi connectivity index (χ0n) is 13.8. The maximum atomic E-state index is 13.0. The van der Waals surface area contributed by atoms with Crippen molar-refractivity contribution < 1.29 is 4.79 Å². The first kappa shape index (κ1) is 14.8. The average molecular weight is 311 g/mol. The van der Waals surface area contributed by atoms with Crippen molar-refractivity contribution in [2.45, 2.75) is 51.2 Å². The smallest absolute Gasteiger partial charge is 0.242 e. The molecule has 23 heavy (non-hydrogen) atoms. The molecule has 0 spiro atoms. The molecule has 2 fully saturated rings. The number of carbonyl (C=O) groups excluding carboxylic acids is 1. The second-order valence-electron chi connectivity index (χ2n) is 6.93. The molecular formula is C19H25N3O. The lowest BCUT2D eigenvalue weighted by Crippen LogP contribution is -2.44. The lowest BCUT2D eigenvalue weighted by Gasteiger charge is -2.27. The van der Waals surface area contributed by atoms with E-state index in [9.17, 15) is 4.79 Å². The minimum atomic E-state index is 0.269. The number of nitrogens with one attached hydrogen (secondary N) is 1. The van der Waals surface area contributed by atoms with Gasteiger partial charge in [0.05, 0.1) is 0 Å². The van der Waals surface area contributed by atoms with Gasteiger partial charge in [0.1, 0.15) is 6.54 Å². The number of fused-ring (bicyclic) bond motifs is 2. The Labute approximate surface area is 137 Å². The van der Waals surface area contributed by atoms with E-state index in [0.29, 0.717) is 18.6 Å². The van der Waals surface area contributed by atoms with Crippen molar-refractivity contribution in [3.63, 3.8) is 0 Å². The molecule has 1 N–H and O–H groups in total. The minimum Gasteiger partial charge on any atom is -0.337 e. The third-order valence-electron chi connectivity index (χ3n) is 5.51. The highest BCUT2D eigenvalue weighted by atomic mass is 16.2. The number of benzene rings is 1. The molecule has 2 aromatic rings. The molecule has 2 saturated heterocycles. The van der Waals surface area contributed by atoms with Gasteiger partial charge in [-0.1, -0.05) is 24.6 Å². The van der Waals surface area contributed by atoms with Gasteiger partial charge in [-0.25, -0.2) is 0 Å². The van der Waals surface area contributed by atoms with E-state index in [0.717, 1.165) is 37.1 Å². The minimum absolute atomic E-state index is 0.269. The Bertz CT molecular complexity index is 720. The van der Waals surface area contributed by atoms with E-state index in [4.69, 9.17) is 0 Å². The molecule has 2 aliphatic heterocycles. The largest absolute Gasteiger partial charge is 0.337 e. The van der Waals surface area contributed by atoms with Crippen LogP contribution in [0.3, 0.4) is 0 Å². The summed E-state index contributed by atoms with van der Waals surface area (Å²) in [6.07, 6.45) is 4.70. The van der Waals surface area contributed by atoms with E-state index >= 15 is 0 Å². The molecule has 0 unspecified atom stereocenters. The molecule has 1 aromatic heterocycles. The fourth-order valence-electron chi connectivity index (χ4n) is 4.31. The number of hydrogen-bond donors (Lipinski definition) is 1. The molecule has 4 nitrogen and oxygen atoms in total. The second-order valence-corrected chi connectivity index (χ2v) is 6.93. The molecule has 1 amide bonds. The standard InChI is InChI=1S/C19H25N3O/c1-14-12-15-6-2-3-7-17(15)22(14)13-19(23)21-11-9-16-18(21)8-4-5-10-20-16/h2-3,6-7,12,16,18,20H,4-5,8-11,13H2,1H3/t16-,18-/m1/s1. The molecule has 1 aromatic carbocycles. The molecule has 0 radical (unpaired) electrons. The first-order chi connectivity index (χ1) is 11.2. The van der Waals surface area contributed by atoms with E-state index in [1.807, 2.05) is 6.07 Å². The Balaban J connectivity index is 1.56. The first-order valence-electron chi connectivity index (χ1n) is 8.82. The number of nitrogens with zero attached hydrogens (tertiary/aromatic N) is 2. The summed E-state index contributed by atoms with van der Waals surface area (Å²) in [6.45, 7) is 4.56. The van der Waals surface area contributed by atoms with Crippen LogP contribution in [0.5, 0.6) is 0 Å². The highest BCUT2D eigenvalue weighted by Crippen LogP contribution is 2.26. The van der Waals surface area contributed by atoms with Gasteiger partial charge in [0.2, 0.25) is 5.91 Å². The van der Waals surface area contributed by atoms with Crippen molar-refractivity contribution in [3.05, 3.63) is 36.0 Å². The van der Waals surface area contributed by atoms with Crippen molar-refractivity contribution >= 4 is 16.8 Å². The fourth-order valence-corrected chi connectivity index (χ4v) is 4.31. The molecular weight excluding hydrogens is 286 g/mol. The number of carbonyl (C=O) groups is 1. The molecule has 0 saturated carbocycles. The van der Waals surface area contributed by atoms with Gasteiger partial charge >= 0.3 is 0 Å². The first-order valence-corrected chi connectivity index (χ1v) is 8.82. The quantitative estimate of drug-likeness (QED) is 0.926. The monoisotopic (exact) mass is 311 g/mol. The van der Waals surface area contributed by atoms with Crippen LogP contribution in [0.25, 0.3) is 10.9 Å². The number of rotatable bonds is 2. The van der Waals surface area contributed by atoms with Crippen molar-refractivity contribution in [1.82, 2.24) is 14.8 Å². The maximum absolute atomic E-state index is 13.0. The summed E-state index contributed by atoms with van der Waals surface area (Å²) >= 11 is 0. The molecule has 3 heterocycles. The Kier molecular flexibility index (Phi) is 3.85. The summed E-state index contributed by atoms with van der Waals surface area (Å²) in [4.78, 5) is 15.1. The van der Waals surface area contributed by atoms with Crippen molar-refractivity contribution in [3.8, 4) is 0 Å². The van der Waals surface area contributed by atoms with Crippen LogP contribution in [0, 0.1) is 6.92 Å². The number of amides is 1. The Hall–Kier alpha value is -1.81. The summed E-state index contributed by atoms with van der Waals surface area (Å²) in [5.74, 6) is 0.269. The average Bonchev–Trinajstić information content (AvgIpc) is 3.00. The molecule has 122 valence electrons. The van der Waals surface area contributed by atoms with Gasteiger partial charge in [0.15, 0.2) is 0 Å². The van der Waals surface area contributed by atoms with Crippen LogP contribution < -0.4 is 5.32 Å². The van der Waals surface area contributed by atoms with Gasteiger partial charge in [0.25, 0.3) is 0 Å². The van der Waals surface area contributed by atoms with Gasteiger partial charge in [-0.05, 0) is 50.2 Å². The number of aromatic nitrogens is 1. The van der Waals surface area contributed by atoms with Crippen molar-refractivity contribution in [1.29, 1.82) is 0 Å². The third-order valence-corrected chi connectivity index (χ3v) is 5.51. The van der Waals surface area contributed by atoms with Crippen LogP contribution in [0.1, 0.15) is 31.4 Å². The van der Waals surface area contributed by atoms with Gasteiger partial charge < -0.3 is 14.8 Å². The summed E-state index contributed by atoms with van der Waals surface area (Å²) in [5.41, 5.74) is 2.32. The topological polar surface area (TPSA) is 37.3 Å². The third kappa shape index (κ3) is 2.65. The predicted molar refractivity (Wildman–Crippen MR) is 92.4 cm³/mol. The van der Waals surface area contributed by atoms with Gasteiger partial charge in [-0.15, -0.1) is 0 Å². The van der Waals surface area contributed by atoms with E-state index in [2.05, 4.69) is 46.0 Å². The Morgan fingerprint density at radius 2 is 2.13 bits per heavy atom. The lowest BCUT2D eigenvalue weighted by atomic mass is 10.1. The van der Waals surface area contributed by atoms with Crippen LogP contribution in [-0.2, 0) is 11.3 Å². The second kappa shape index (κ2) is 6.00. The molecule has 4 heteroatoms. The highest BCUT2D eigenvalue weighted by molar-refractivity contribution is 5.84. The van der Waals surface area contributed by atoms with Crippen LogP contribution in [-0.4, -0.2) is 40.5 Å². The normalized spacial score (nSPS) is 24.7. The van der Waals surface area contributed by atoms with Crippen molar-refractivity contribution in [2.24, 2.45) is 0 Å². The van der Waals surface area contributed by atoms with Gasteiger partial charge in [-0.2, -0.15) is 0 Å². The fraction of sp³-hybridized carbons (Fsp3) is 0.526. The van der Waals surface area contributed by atoms with E-state index < -0.39 is 0 Å². The zero-order valence-corrected chi connectivity index (χ0v) is 13.8. The van der Waals surface area contributed by atoms with Gasteiger partial charge in [-0.3, -0.25) is 4.79 Å². The van der Waals surface area contributed by atoms with Gasteiger partial charge in [0, 0.05) is 29.8 Å². The number of likely N-dealkylation sites (tertiary alicyclic amines) is 1. The Morgan fingerprint density at radius 3 is 3.04 bits per heavy atom. The SMILES string of the molecule is Cc1cc2ccccc2n1CC(=O)N1CC[C@H]2NCCCC[C@H]21. The number of para-hydroxylation sites is 1.